The second-order valence-electron chi connectivity index (χ2n) is 8.65. The van der Waals surface area contributed by atoms with Crippen molar-refractivity contribution in [3.05, 3.63) is 94.1 Å². The zero-order chi connectivity index (χ0) is 27.2. The van der Waals surface area contributed by atoms with Gasteiger partial charge in [-0.15, -0.1) is 0 Å². The van der Waals surface area contributed by atoms with Crippen molar-refractivity contribution in [3.63, 3.8) is 0 Å². The highest BCUT2D eigenvalue weighted by atomic mass is 19.4. The first-order valence-electron chi connectivity index (χ1n) is 12.1. The van der Waals surface area contributed by atoms with Gasteiger partial charge in [-0.05, 0) is 61.2 Å². The molecule has 0 amide bonds. The van der Waals surface area contributed by atoms with Crippen LogP contribution in [0.5, 0.6) is 11.5 Å². The third-order valence-corrected chi connectivity index (χ3v) is 6.34. The van der Waals surface area contributed by atoms with Gasteiger partial charge in [0.2, 0.25) is 0 Å². The van der Waals surface area contributed by atoms with Crippen molar-refractivity contribution in [2.45, 2.75) is 45.3 Å². The van der Waals surface area contributed by atoms with Crippen LogP contribution in [-0.4, -0.2) is 26.2 Å². The topological polar surface area (TPSA) is 56.8 Å². The van der Waals surface area contributed by atoms with Gasteiger partial charge in [-0.1, -0.05) is 48.9 Å². The molecular weight excluding hydrogens is 484 g/mol. The minimum Gasteiger partial charge on any atom is -0.496 e. The van der Waals surface area contributed by atoms with Gasteiger partial charge in [-0.3, -0.25) is 4.39 Å². The zero-order valence-electron chi connectivity index (χ0n) is 21.5. The van der Waals surface area contributed by atoms with E-state index in [4.69, 9.17) is 20.2 Å². The Kier molecular flexibility index (Phi) is 8.84. The maximum Gasteiger partial charge on any atom is 0.419 e. The van der Waals surface area contributed by atoms with Crippen LogP contribution in [0.15, 0.2) is 82.4 Å². The summed E-state index contributed by atoms with van der Waals surface area (Å²) < 4.78 is 65.6. The van der Waals surface area contributed by atoms with Gasteiger partial charge in [0.15, 0.2) is 0 Å². The molecule has 8 heteroatoms. The van der Waals surface area contributed by atoms with Gasteiger partial charge >= 0.3 is 6.18 Å². The van der Waals surface area contributed by atoms with Crippen molar-refractivity contribution >= 4 is 5.84 Å². The predicted octanol–water partition coefficient (Wildman–Crippen LogP) is 7.30. The second kappa shape index (κ2) is 11.7. The Morgan fingerprint density at radius 1 is 1.14 bits per heavy atom. The zero-order valence-corrected chi connectivity index (χ0v) is 21.5. The number of hydrogen-bond acceptors (Lipinski definition) is 4. The molecular formula is C29H32F4N2O2. The van der Waals surface area contributed by atoms with Crippen molar-refractivity contribution in [2.24, 2.45) is 10.7 Å². The Morgan fingerprint density at radius 3 is 2.49 bits per heavy atom. The minimum absolute atomic E-state index is 0.167. The summed E-state index contributed by atoms with van der Waals surface area (Å²) in [7, 11) is 1.20. The number of hydrogen-bond donors (Lipinski definition) is 1. The number of ether oxygens (including phenoxy) is 2. The van der Waals surface area contributed by atoms with Crippen LogP contribution < -0.4 is 15.2 Å². The smallest absolute Gasteiger partial charge is 0.419 e. The highest BCUT2D eigenvalue weighted by molar-refractivity contribution is 6.06. The number of rotatable bonds is 9. The lowest BCUT2D eigenvalue weighted by Gasteiger charge is -2.31. The molecule has 0 radical (unpaired) electrons. The molecule has 0 aliphatic carbocycles. The lowest BCUT2D eigenvalue weighted by Crippen LogP contribution is -2.27. The van der Waals surface area contributed by atoms with Crippen LogP contribution in [-0.2, 0) is 11.7 Å². The van der Waals surface area contributed by atoms with Crippen LogP contribution in [0.3, 0.4) is 0 Å². The number of benzene rings is 2. The van der Waals surface area contributed by atoms with Gasteiger partial charge in [0.25, 0.3) is 0 Å². The van der Waals surface area contributed by atoms with E-state index in [1.807, 2.05) is 39.0 Å². The number of halogens is 4. The molecule has 2 N–H and O–H groups in total. The van der Waals surface area contributed by atoms with E-state index >= 15 is 0 Å². The van der Waals surface area contributed by atoms with Gasteiger partial charge in [0.05, 0.1) is 26.0 Å². The van der Waals surface area contributed by atoms with Gasteiger partial charge in [-0.2, -0.15) is 13.2 Å². The molecule has 3 rings (SSSR count). The molecule has 0 bridgehead atoms. The number of methoxy groups -OCH3 is 1. The van der Waals surface area contributed by atoms with Crippen molar-refractivity contribution in [2.75, 3.05) is 20.4 Å². The fourth-order valence-corrected chi connectivity index (χ4v) is 4.45. The van der Waals surface area contributed by atoms with Crippen molar-refractivity contribution in [3.8, 4) is 11.5 Å². The monoisotopic (exact) mass is 516 g/mol. The van der Waals surface area contributed by atoms with Crippen LogP contribution in [0.1, 0.15) is 50.3 Å². The van der Waals surface area contributed by atoms with E-state index in [2.05, 4.69) is 0 Å². The van der Waals surface area contributed by atoms with Crippen LogP contribution in [0, 0.1) is 0 Å². The predicted molar refractivity (Wildman–Crippen MR) is 139 cm³/mol. The maximum atomic E-state index is 14.1. The van der Waals surface area contributed by atoms with Crippen LogP contribution in [0.25, 0.3) is 0 Å². The molecule has 0 fully saturated rings. The maximum absolute atomic E-state index is 14.1. The fraction of sp³-hybridized carbons (Fsp3) is 0.345. The Labute approximate surface area is 215 Å². The average molecular weight is 517 g/mol. The summed E-state index contributed by atoms with van der Waals surface area (Å²) in [6.07, 6.45) is 1.74. The number of aliphatic imine (C=N–C) groups is 1. The second-order valence-corrected chi connectivity index (χ2v) is 8.65. The highest BCUT2D eigenvalue weighted by Crippen LogP contribution is 2.51. The lowest BCUT2D eigenvalue weighted by atomic mass is 9.75. The quantitative estimate of drug-likeness (QED) is 0.281. The molecule has 1 unspecified atom stereocenters. The third kappa shape index (κ3) is 5.58. The van der Waals surface area contributed by atoms with E-state index in [-0.39, 0.29) is 30.2 Å². The van der Waals surface area contributed by atoms with Gasteiger partial charge < -0.3 is 15.2 Å². The number of amidine groups is 1. The summed E-state index contributed by atoms with van der Waals surface area (Å²) in [5.41, 5.74) is 7.35. The molecule has 0 saturated carbocycles. The average Bonchev–Trinajstić information content (AvgIpc) is 3.19. The summed E-state index contributed by atoms with van der Waals surface area (Å²) in [5, 5.41) is 0. The summed E-state index contributed by atoms with van der Waals surface area (Å²) in [4.78, 5) is 4.87. The molecule has 2 aromatic rings. The number of nitrogens with zero attached hydrogens (tertiary/aromatic N) is 1. The standard InChI is InChI=1S/C29H32F4N2O2/c1-5-7-12-23-26(19(3)6-2)27(34)35-28(23,20-10-8-11-22(17-20)37-16-9-15-30)21-13-14-25(36-4)24(18-21)29(31,32)33/h5,7-8,10-14,17-18H,6,9,15-16H2,1-4H3,(H2,34,35). The summed E-state index contributed by atoms with van der Waals surface area (Å²) in [5.74, 6) is 0.408. The van der Waals surface area contributed by atoms with Crippen LogP contribution in [0.4, 0.5) is 17.6 Å². The molecule has 1 aliphatic heterocycles. The van der Waals surface area contributed by atoms with E-state index in [0.29, 0.717) is 28.9 Å². The van der Waals surface area contributed by atoms with E-state index < -0.39 is 24.0 Å². The number of alkyl halides is 4. The summed E-state index contributed by atoms with van der Waals surface area (Å²) in [6, 6.07) is 10.9. The Hall–Kier alpha value is -3.55. The lowest BCUT2D eigenvalue weighted by molar-refractivity contribution is -0.138. The first-order chi connectivity index (χ1) is 17.6. The molecule has 1 heterocycles. The first kappa shape index (κ1) is 28.0. The largest absolute Gasteiger partial charge is 0.496 e. The van der Waals surface area contributed by atoms with E-state index in [1.165, 1.54) is 13.2 Å². The normalized spacial score (nSPS) is 20.4. The number of allylic oxidation sites excluding steroid dienone is 4. The van der Waals surface area contributed by atoms with Crippen molar-refractivity contribution < 1.29 is 27.0 Å². The Morgan fingerprint density at radius 2 is 1.86 bits per heavy atom. The van der Waals surface area contributed by atoms with Gasteiger partial charge in [0.1, 0.15) is 22.9 Å². The Balaban J connectivity index is 2.41. The van der Waals surface area contributed by atoms with E-state index in [0.717, 1.165) is 11.6 Å². The molecule has 37 heavy (non-hydrogen) atoms. The van der Waals surface area contributed by atoms with Crippen LogP contribution >= 0.6 is 0 Å². The summed E-state index contributed by atoms with van der Waals surface area (Å²) in [6.45, 7) is 5.42. The molecule has 1 aliphatic rings. The molecule has 198 valence electrons. The first-order valence-corrected chi connectivity index (χ1v) is 12.1. The molecule has 1 atom stereocenters. The molecule has 0 saturated heterocycles. The SMILES string of the molecule is CC=CC=C1C(=C(C)CC)C(N)=NC1(c1cccc(OCCCF)c1)c1ccc(OC)c(C(F)(F)F)c1. The van der Waals surface area contributed by atoms with Crippen molar-refractivity contribution in [1.82, 2.24) is 0 Å². The van der Waals surface area contributed by atoms with E-state index in [9.17, 15) is 17.6 Å². The number of nitrogens with two attached hydrogens (primary N) is 1. The summed E-state index contributed by atoms with van der Waals surface area (Å²) >= 11 is 0. The van der Waals surface area contributed by atoms with Crippen LogP contribution in [0.2, 0.25) is 0 Å². The molecule has 0 aromatic heterocycles. The van der Waals surface area contributed by atoms with Gasteiger partial charge in [0, 0.05) is 12.0 Å². The Bertz CT molecular complexity index is 1240. The third-order valence-electron chi connectivity index (χ3n) is 6.34. The highest BCUT2D eigenvalue weighted by Gasteiger charge is 2.47. The minimum atomic E-state index is -4.65. The van der Waals surface area contributed by atoms with Crippen molar-refractivity contribution in [1.29, 1.82) is 0 Å². The molecule has 0 spiro atoms. The fourth-order valence-electron chi connectivity index (χ4n) is 4.45. The van der Waals surface area contributed by atoms with E-state index in [1.54, 1.807) is 30.3 Å². The molecule has 2 aromatic carbocycles. The molecule has 4 nitrogen and oxygen atoms in total. The van der Waals surface area contributed by atoms with Gasteiger partial charge in [-0.25, -0.2) is 4.99 Å².